The molecule has 0 saturated carbocycles. The number of fused-ring (bicyclic) bond motifs is 1. The first-order valence-corrected chi connectivity index (χ1v) is 13.0. The van der Waals surface area contributed by atoms with E-state index in [0.29, 0.717) is 16.9 Å². The third kappa shape index (κ3) is 4.73. The van der Waals surface area contributed by atoms with E-state index in [0.717, 1.165) is 54.4 Å². The zero-order valence-electron chi connectivity index (χ0n) is 20.6. The van der Waals surface area contributed by atoms with Crippen LogP contribution in [0.4, 0.5) is 21.8 Å². The summed E-state index contributed by atoms with van der Waals surface area (Å²) in [5.74, 6) is 2.13. The van der Waals surface area contributed by atoms with Crippen molar-refractivity contribution < 1.29 is 9.13 Å². The molecule has 9 heteroatoms. The molecule has 2 aromatic heterocycles. The molecular weight excluding hydrogens is 491 g/mol. The third-order valence-electron chi connectivity index (χ3n) is 7.22. The number of hydrogen-bond acceptors (Lipinski definition) is 6. The van der Waals surface area contributed by atoms with Crippen molar-refractivity contribution in [3.63, 3.8) is 0 Å². The van der Waals surface area contributed by atoms with Crippen molar-refractivity contribution in [2.45, 2.75) is 38.0 Å². The number of aromatic nitrogens is 4. The number of benzene rings is 2. The SMILES string of the molecule is COc1cc(Nc2nc3c(c(N4CCCCC4)n2)CCC3c2ccc(F)cc2)ccc1-n1cnc(Cl)c1. The highest BCUT2D eigenvalue weighted by molar-refractivity contribution is 6.29. The molecule has 1 saturated heterocycles. The second kappa shape index (κ2) is 10.0. The Morgan fingerprint density at radius 2 is 1.86 bits per heavy atom. The molecular formula is C28H28ClFN6O. The summed E-state index contributed by atoms with van der Waals surface area (Å²) in [5, 5.41) is 3.83. The number of anilines is 3. The van der Waals surface area contributed by atoms with E-state index in [-0.39, 0.29) is 11.7 Å². The molecule has 2 aliphatic rings. The number of nitrogens with one attached hydrogen (secondary N) is 1. The van der Waals surface area contributed by atoms with Crippen molar-refractivity contribution in [1.29, 1.82) is 0 Å². The highest BCUT2D eigenvalue weighted by atomic mass is 35.5. The van der Waals surface area contributed by atoms with Crippen LogP contribution in [0.1, 0.15) is 48.4 Å². The van der Waals surface area contributed by atoms with Gasteiger partial charge >= 0.3 is 0 Å². The van der Waals surface area contributed by atoms with Crippen molar-refractivity contribution in [1.82, 2.24) is 19.5 Å². The zero-order chi connectivity index (χ0) is 25.4. The van der Waals surface area contributed by atoms with Crippen LogP contribution < -0.4 is 15.0 Å². The summed E-state index contributed by atoms with van der Waals surface area (Å²) < 4.78 is 21.1. The number of imidazole rings is 1. The van der Waals surface area contributed by atoms with Gasteiger partial charge in [0.05, 0.1) is 18.5 Å². The minimum atomic E-state index is -0.226. The van der Waals surface area contributed by atoms with Crippen LogP contribution in [0.2, 0.25) is 5.15 Å². The topological polar surface area (TPSA) is 68.1 Å². The lowest BCUT2D eigenvalue weighted by atomic mass is 9.96. The molecule has 2 aromatic carbocycles. The monoisotopic (exact) mass is 518 g/mol. The predicted molar refractivity (Wildman–Crippen MR) is 143 cm³/mol. The van der Waals surface area contributed by atoms with Crippen LogP contribution in [-0.4, -0.2) is 39.7 Å². The number of rotatable bonds is 6. The van der Waals surface area contributed by atoms with Crippen molar-refractivity contribution in [2.75, 3.05) is 30.4 Å². The average molecular weight is 519 g/mol. The molecule has 1 atom stereocenters. The van der Waals surface area contributed by atoms with Gasteiger partial charge in [-0.3, -0.25) is 0 Å². The summed E-state index contributed by atoms with van der Waals surface area (Å²) in [6, 6.07) is 12.6. The highest BCUT2D eigenvalue weighted by Gasteiger charge is 2.31. The second-order valence-electron chi connectivity index (χ2n) is 9.54. The molecule has 4 aromatic rings. The summed E-state index contributed by atoms with van der Waals surface area (Å²) >= 11 is 6.01. The summed E-state index contributed by atoms with van der Waals surface area (Å²) in [6.45, 7) is 2.00. The van der Waals surface area contributed by atoms with Crippen LogP contribution in [0, 0.1) is 5.82 Å². The van der Waals surface area contributed by atoms with Crippen LogP contribution in [0.3, 0.4) is 0 Å². The zero-order valence-corrected chi connectivity index (χ0v) is 21.4. The van der Waals surface area contributed by atoms with Crippen LogP contribution >= 0.6 is 11.6 Å². The van der Waals surface area contributed by atoms with Crippen molar-refractivity contribution in [3.8, 4) is 11.4 Å². The minimum Gasteiger partial charge on any atom is -0.494 e. The molecule has 1 unspecified atom stereocenters. The van der Waals surface area contributed by atoms with Gasteiger partial charge in [0.15, 0.2) is 0 Å². The number of ether oxygens (including phenoxy) is 1. The molecule has 0 bridgehead atoms. The molecule has 0 radical (unpaired) electrons. The molecule has 6 rings (SSSR count). The third-order valence-corrected chi connectivity index (χ3v) is 7.42. The molecule has 37 heavy (non-hydrogen) atoms. The van der Waals surface area contributed by atoms with E-state index in [2.05, 4.69) is 15.2 Å². The van der Waals surface area contributed by atoms with Crippen LogP contribution in [0.5, 0.6) is 5.75 Å². The summed E-state index contributed by atoms with van der Waals surface area (Å²) in [5.41, 5.74) is 4.97. The van der Waals surface area contributed by atoms with Crippen LogP contribution in [-0.2, 0) is 6.42 Å². The lowest BCUT2D eigenvalue weighted by molar-refractivity contribution is 0.413. The van der Waals surface area contributed by atoms with E-state index < -0.39 is 0 Å². The number of methoxy groups -OCH3 is 1. The second-order valence-corrected chi connectivity index (χ2v) is 9.93. The molecule has 1 N–H and O–H groups in total. The number of nitrogens with zero attached hydrogens (tertiary/aromatic N) is 5. The number of piperidine rings is 1. The molecule has 1 aliphatic heterocycles. The number of hydrogen-bond donors (Lipinski definition) is 1. The molecule has 0 spiro atoms. The Bertz CT molecular complexity index is 1420. The standard InChI is InChI=1S/C28H28ClFN6O/c1-37-24-15-20(9-12-23(24)36-16-25(29)31-17-36)32-28-33-26-21(18-5-7-19(30)8-6-18)10-11-22(26)27(34-28)35-13-3-2-4-14-35/h5-9,12,15-17,21H,2-4,10-11,13-14H2,1H3,(H,32,33,34). The van der Waals surface area contributed by atoms with Gasteiger partial charge in [0.2, 0.25) is 5.95 Å². The summed E-state index contributed by atoms with van der Waals surface area (Å²) in [7, 11) is 1.63. The number of halogens is 2. The fourth-order valence-corrected chi connectivity index (χ4v) is 5.56. The smallest absolute Gasteiger partial charge is 0.229 e. The maximum Gasteiger partial charge on any atom is 0.229 e. The maximum atomic E-state index is 13.6. The Morgan fingerprint density at radius 3 is 2.59 bits per heavy atom. The van der Waals surface area contributed by atoms with Crippen molar-refractivity contribution in [3.05, 3.63) is 82.8 Å². The van der Waals surface area contributed by atoms with Crippen LogP contribution in [0.25, 0.3) is 5.69 Å². The lowest BCUT2D eigenvalue weighted by Crippen LogP contribution is -2.31. The Labute approximate surface area is 220 Å². The first-order chi connectivity index (χ1) is 18.1. The van der Waals surface area contributed by atoms with Crippen LogP contribution in [0.15, 0.2) is 55.0 Å². The Balaban J connectivity index is 1.37. The summed E-state index contributed by atoms with van der Waals surface area (Å²) in [6.07, 6.45) is 8.82. The first kappa shape index (κ1) is 23.7. The normalized spacial score (nSPS) is 17.1. The molecule has 3 heterocycles. The fourth-order valence-electron chi connectivity index (χ4n) is 5.41. The molecule has 0 amide bonds. The van der Waals surface area contributed by atoms with Gasteiger partial charge in [-0.15, -0.1) is 0 Å². The van der Waals surface area contributed by atoms with Gasteiger partial charge in [0, 0.05) is 42.5 Å². The van der Waals surface area contributed by atoms with Gasteiger partial charge in [0.25, 0.3) is 0 Å². The van der Waals surface area contributed by atoms with Crippen molar-refractivity contribution in [2.24, 2.45) is 0 Å². The first-order valence-electron chi connectivity index (χ1n) is 12.6. The van der Waals surface area contributed by atoms with E-state index in [9.17, 15) is 4.39 Å². The largest absolute Gasteiger partial charge is 0.494 e. The van der Waals surface area contributed by atoms with Gasteiger partial charge in [0.1, 0.15) is 28.9 Å². The van der Waals surface area contributed by atoms with Gasteiger partial charge in [-0.05, 0) is 61.9 Å². The summed E-state index contributed by atoms with van der Waals surface area (Å²) in [4.78, 5) is 16.5. The van der Waals surface area contributed by atoms with Gasteiger partial charge in [-0.25, -0.2) is 14.4 Å². The maximum absolute atomic E-state index is 13.6. The molecule has 1 fully saturated rings. The Kier molecular flexibility index (Phi) is 6.42. The molecule has 7 nitrogen and oxygen atoms in total. The van der Waals surface area contributed by atoms with E-state index in [1.54, 1.807) is 19.6 Å². The molecule has 190 valence electrons. The predicted octanol–water partition coefficient (Wildman–Crippen LogP) is 6.28. The highest BCUT2D eigenvalue weighted by Crippen LogP contribution is 2.42. The van der Waals surface area contributed by atoms with Gasteiger partial charge < -0.3 is 19.5 Å². The fraction of sp³-hybridized carbons (Fsp3) is 0.321. The molecule has 1 aliphatic carbocycles. The quantitative estimate of drug-likeness (QED) is 0.324. The van der Waals surface area contributed by atoms with Gasteiger partial charge in [-0.2, -0.15) is 4.98 Å². The Hall–Kier alpha value is -3.65. The Morgan fingerprint density at radius 1 is 1.05 bits per heavy atom. The van der Waals surface area contributed by atoms with Gasteiger partial charge in [-0.1, -0.05) is 23.7 Å². The minimum absolute atomic E-state index is 0.116. The van der Waals surface area contributed by atoms with E-state index in [1.807, 2.05) is 34.9 Å². The lowest BCUT2D eigenvalue weighted by Gasteiger charge is -2.30. The van der Waals surface area contributed by atoms with Crippen molar-refractivity contribution >= 4 is 29.1 Å². The van der Waals surface area contributed by atoms with E-state index in [1.165, 1.54) is 37.0 Å². The average Bonchev–Trinajstić information content (AvgIpc) is 3.55. The van der Waals surface area contributed by atoms with E-state index in [4.69, 9.17) is 26.3 Å². The van der Waals surface area contributed by atoms with E-state index >= 15 is 0 Å².